The van der Waals surface area contributed by atoms with Crippen LogP contribution in [0.15, 0.2) is 24.4 Å². The quantitative estimate of drug-likeness (QED) is 0.891. The highest BCUT2D eigenvalue weighted by molar-refractivity contribution is 5.84. The molecule has 22 heavy (non-hydrogen) atoms. The van der Waals surface area contributed by atoms with E-state index in [-0.39, 0.29) is 0 Å². The second kappa shape index (κ2) is 6.62. The van der Waals surface area contributed by atoms with E-state index in [9.17, 15) is 8.78 Å². The average molecular weight is 313 g/mol. The molecule has 0 aliphatic carbocycles. The number of likely N-dealkylation sites (tertiary alicyclic amines) is 1. The van der Waals surface area contributed by atoms with Crippen LogP contribution in [0.3, 0.4) is 0 Å². The number of nitrogens with zero attached hydrogens (tertiary/aromatic N) is 1. The number of benzene rings is 1. The molecule has 6 heteroatoms. The summed E-state index contributed by atoms with van der Waals surface area (Å²) in [4.78, 5) is 5.24. The summed E-state index contributed by atoms with van der Waals surface area (Å²) in [6.45, 7) is -0.775. The minimum Gasteiger partial charge on any atom is -0.497 e. The number of H-pyrrole nitrogens is 1. The van der Waals surface area contributed by atoms with Crippen LogP contribution in [0.25, 0.3) is 10.9 Å². The molecule has 2 heterocycles. The van der Waals surface area contributed by atoms with Gasteiger partial charge in [-0.05, 0) is 36.6 Å². The molecule has 1 aromatic heterocycles. The van der Waals surface area contributed by atoms with Crippen molar-refractivity contribution in [1.29, 1.82) is 0 Å². The van der Waals surface area contributed by atoms with Gasteiger partial charge in [0.2, 0.25) is 0 Å². The predicted octanol–water partition coefficient (Wildman–Crippen LogP) is 3.03. The molecule has 1 N–H and O–H groups in total. The molecule has 1 aliphatic rings. The minimum atomic E-state index is -2.73. The van der Waals surface area contributed by atoms with Crippen molar-refractivity contribution in [2.24, 2.45) is 0 Å². The summed E-state index contributed by atoms with van der Waals surface area (Å²) in [6, 6.07) is 5.10. The van der Waals surface area contributed by atoms with Crippen molar-refractivity contribution in [2.45, 2.75) is 25.6 Å². The van der Waals surface area contributed by atoms with E-state index in [4.69, 9.17) is 8.85 Å². The Kier molecular flexibility index (Phi) is 3.57. The molecule has 0 bridgehead atoms. The van der Waals surface area contributed by atoms with Crippen molar-refractivity contribution in [1.82, 2.24) is 9.88 Å². The maximum atomic E-state index is 12.3. The molecule has 2 aromatic rings. The fourth-order valence-corrected chi connectivity index (χ4v) is 2.96. The Morgan fingerprint density at radius 3 is 3.23 bits per heavy atom. The monoisotopic (exact) mass is 313 g/mol. The van der Waals surface area contributed by atoms with E-state index in [1.165, 1.54) is 0 Å². The molecule has 1 saturated heterocycles. The number of ether oxygens (including phenoxy) is 2. The lowest BCUT2D eigenvalue weighted by Gasteiger charge is -2.15. The Hall–Kier alpha value is -1.66. The number of halogens is 2. The largest absolute Gasteiger partial charge is 0.497 e. The highest BCUT2D eigenvalue weighted by Crippen LogP contribution is 2.24. The SMILES string of the molecule is [2H]C([2H])([2H])Oc1ccc2[nH]cc(CCN3CC[C@H](OC(F)F)C3)c2c1. The number of methoxy groups -OCH3 is 1. The van der Waals surface area contributed by atoms with Gasteiger partial charge < -0.3 is 19.4 Å². The molecule has 0 unspecified atom stereocenters. The lowest BCUT2D eigenvalue weighted by molar-refractivity contribution is -0.158. The van der Waals surface area contributed by atoms with Gasteiger partial charge in [0.05, 0.1) is 17.3 Å². The Labute approximate surface area is 132 Å². The van der Waals surface area contributed by atoms with Crippen molar-refractivity contribution >= 4 is 10.9 Å². The van der Waals surface area contributed by atoms with Crippen molar-refractivity contribution in [3.8, 4) is 5.75 Å². The molecule has 120 valence electrons. The molecule has 0 amide bonds. The predicted molar refractivity (Wildman–Crippen MR) is 80.5 cm³/mol. The second-order valence-electron chi connectivity index (χ2n) is 5.48. The van der Waals surface area contributed by atoms with Crippen molar-refractivity contribution < 1.29 is 22.4 Å². The summed E-state index contributed by atoms with van der Waals surface area (Å²) in [5.74, 6) is 0.292. The van der Waals surface area contributed by atoms with Gasteiger partial charge in [-0.15, -0.1) is 0 Å². The average Bonchev–Trinajstić information content (AvgIpc) is 3.09. The number of hydrogen-bond acceptors (Lipinski definition) is 3. The summed E-state index contributed by atoms with van der Waals surface area (Å²) < 4.78 is 55.6. The van der Waals surface area contributed by atoms with Gasteiger partial charge in [-0.3, -0.25) is 0 Å². The summed E-state index contributed by atoms with van der Waals surface area (Å²) in [5.41, 5.74) is 1.93. The van der Waals surface area contributed by atoms with E-state index < -0.39 is 19.8 Å². The van der Waals surface area contributed by atoms with E-state index in [1.807, 2.05) is 6.20 Å². The Balaban J connectivity index is 1.63. The number of hydrogen-bond donors (Lipinski definition) is 1. The van der Waals surface area contributed by atoms with Crippen molar-refractivity contribution in [2.75, 3.05) is 26.7 Å². The first-order chi connectivity index (χ1) is 11.8. The van der Waals surface area contributed by atoms with E-state index >= 15 is 0 Å². The normalized spacial score (nSPS) is 22.0. The summed E-state index contributed by atoms with van der Waals surface area (Å²) in [6.07, 6.45) is 2.79. The van der Waals surface area contributed by atoms with Gasteiger partial charge in [-0.2, -0.15) is 8.78 Å². The smallest absolute Gasteiger partial charge is 0.345 e. The van der Waals surface area contributed by atoms with Crippen LogP contribution in [-0.2, 0) is 11.2 Å². The maximum absolute atomic E-state index is 12.3. The van der Waals surface area contributed by atoms with Crippen LogP contribution in [0.4, 0.5) is 8.78 Å². The maximum Gasteiger partial charge on any atom is 0.345 e. The number of fused-ring (bicyclic) bond motifs is 1. The molecule has 0 spiro atoms. The Morgan fingerprint density at radius 1 is 1.50 bits per heavy atom. The van der Waals surface area contributed by atoms with Crippen LogP contribution < -0.4 is 4.74 Å². The molecule has 1 aliphatic heterocycles. The Morgan fingerprint density at radius 2 is 2.41 bits per heavy atom. The first-order valence-corrected chi connectivity index (χ1v) is 7.25. The third kappa shape index (κ3) is 3.39. The molecule has 1 atom stereocenters. The number of rotatable bonds is 6. The van der Waals surface area contributed by atoms with Crippen LogP contribution >= 0.6 is 0 Å². The van der Waals surface area contributed by atoms with Crippen LogP contribution in [-0.4, -0.2) is 49.3 Å². The van der Waals surface area contributed by atoms with Gasteiger partial charge in [-0.25, -0.2) is 0 Å². The van der Waals surface area contributed by atoms with E-state index in [0.29, 0.717) is 18.7 Å². The third-order valence-electron chi connectivity index (χ3n) is 4.08. The fraction of sp³-hybridized carbons (Fsp3) is 0.500. The number of nitrogens with one attached hydrogen (secondary N) is 1. The fourth-order valence-electron chi connectivity index (χ4n) is 2.96. The molecule has 0 radical (unpaired) electrons. The van der Waals surface area contributed by atoms with Gasteiger partial charge in [0.1, 0.15) is 5.75 Å². The van der Waals surface area contributed by atoms with E-state index in [0.717, 1.165) is 36.0 Å². The molecule has 1 aromatic carbocycles. The number of alkyl halides is 2. The van der Waals surface area contributed by atoms with Gasteiger partial charge in [0, 0.05) is 36.7 Å². The highest BCUT2D eigenvalue weighted by Gasteiger charge is 2.25. The second-order valence-corrected chi connectivity index (χ2v) is 5.48. The highest BCUT2D eigenvalue weighted by atomic mass is 19.3. The van der Waals surface area contributed by atoms with E-state index in [2.05, 4.69) is 14.6 Å². The van der Waals surface area contributed by atoms with Crippen molar-refractivity contribution in [3.05, 3.63) is 30.0 Å². The van der Waals surface area contributed by atoms with Crippen LogP contribution in [0.5, 0.6) is 5.75 Å². The standard InChI is InChI=1S/C16H20F2N2O2/c1-21-12-2-3-15-14(8-12)11(9-19-15)4-6-20-7-5-13(10-20)22-16(17)18/h2-3,8-9,13,16,19H,4-7,10H2,1H3/t13-/m0/s1/i1D3. The third-order valence-corrected chi connectivity index (χ3v) is 4.08. The molecular formula is C16H20F2N2O2. The molecule has 3 rings (SSSR count). The molecule has 1 fully saturated rings. The van der Waals surface area contributed by atoms with Crippen LogP contribution in [0.1, 0.15) is 16.1 Å². The zero-order valence-corrected chi connectivity index (χ0v) is 12.0. The topological polar surface area (TPSA) is 37.5 Å². The van der Waals surface area contributed by atoms with Crippen molar-refractivity contribution in [3.63, 3.8) is 0 Å². The van der Waals surface area contributed by atoms with Crippen LogP contribution in [0.2, 0.25) is 0 Å². The molecule has 0 saturated carbocycles. The number of aromatic nitrogens is 1. The van der Waals surface area contributed by atoms with Gasteiger partial charge >= 0.3 is 6.61 Å². The first kappa shape index (κ1) is 11.8. The zero-order valence-electron chi connectivity index (χ0n) is 15.0. The lowest BCUT2D eigenvalue weighted by Crippen LogP contribution is -2.26. The summed E-state index contributed by atoms with van der Waals surface area (Å²) in [7, 11) is -2.49. The lowest BCUT2D eigenvalue weighted by atomic mass is 10.1. The Bertz CT molecular complexity index is 721. The number of aromatic amines is 1. The summed E-state index contributed by atoms with van der Waals surface area (Å²) >= 11 is 0. The van der Waals surface area contributed by atoms with E-state index in [1.54, 1.807) is 18.2 Å². The van der Waals surface area contributed by atoms with Gasteiger partial charge in [0.15, 0.2) is 0 Å². The molecular weight excluding hydrogens is 290 g/mol. The van der Waals surface area contributed by atoms with Gasteiger partial charge in [0.25, 0.3) is 0 Å². The zero-order chi connectivity index (χ0) is 18.0. The molecule has 4 nitrogen and oxygen atoms in total. The van der Waals surface area contributed by atoms with Crippen LogP contribution in [0, 0.1) is 0 Å². The van der Waals surface area contributed by atoms with Gasteiger partial charge in [-0.1, -0.05) is 0 Å². The first-order valence-electron chi connectivity index (χ1n) is 8.75. The summed E-state index contributed by atoms with van der Waals surface area (Å²) in [5, 5.41) is 0.904. The minimum absolute atomic E-state index is 0.292.